The summed E-state index contributed by atoms with van der Waals surface area (Å²) in [5, 5.41) is 10.8. The van der Waals surface area contributed by atoms with Crippen molar-refractivity contribution in [1.82, 2.24) is 0 Å². The molecule has 0 fully saturated rings. The standard InChI is InChI=1S/C10H11BrN2O4/c1-2-17-10(14)4-6-3-8(12)7(11)5-9(6)13(15)16/h3,5H,2,4,12H2,1H3. The Morgan fingerprint density at radius 2 is 2.24 bits per heavy atom. The van der Waals surface area contributed by atoms with E-state index in [1.54, 1.807) is 6.92 Å². The summed E-state index contributed by atoms with van der Waals surface area (Å²) in [4.78, 5) is 21.5. The van der Waals surface area contributed by atoms with Crippen LogP contribution < -0.4 is 5.73 Å². The highest BCUT2D eigenvalue weighted by Crippen LogP contribution is 2.29. The van der Waals surface area contributed by atoms with Gasteiger partial charge in [0.15, 0.2) is 0 Å². The Labute approximate surface area is 106 Å². The highest BCUT2D eigenvalue weighted by atomic mass is 79.9. The van der Waals surface area contributed by atoms with Crippen molar-refractivity contribution < 1.29 is 14.5 Å². The first-order valence-electron chi connectivity index (χ1n) is 4.83. The van der Waals surface area contributed by atoms with Crippen LogP contribution in [0.15, 0.2) is 16.6 Å². The van der Waals surface area contributed by atoms with Gasteiger partial charge in [-0.3, -0.25) is 14.9 Å². The third-order valence-electron chi connectivity index (χ3n) is 2.03. The molecule has 7 heteroatoms. The monoisotopic (exact) mass is 302 g/mol. The second kappa shape index (κ2) is 5.62. The molecule has 2 N–H and O–H groups in total. The van der Waals surface area contributed by atoms with Crippen molar-refractivity contribution in [2.24, 2.45) is 0 Å². The van der Waals surface area contributed by atoms with Crippen LogP contribution in [-0.4, -0.2) is 17.5 Å². The van der Waals surface area contributed by atoms with Gasteiger partial charge in [0.2, 0.25) is 0 Å². The molecule has 0 aliphatic heterocycles. The van der Waals surface area contributed by atoms with Gasteiger partial charge in [-0.05, 0) is 28.9 Å². The Bertz CT molecular complexity index is 462. The number of nitrogens with zero attached hydrogens (tertiary/aromatic N) is 1. The normalized spacial score (nSPS) is 10.0. The number of nitrogens with two attached hydrogens (primary N) is 1. The summed E-state index contributed by atoms with van der Waals surface area (Å²) in [5.41, 5.74) is 6.05. The molecule has 0 aliphatic rings. The van der Waals surface area contributed by atoms with Gasteiger partial charge >= 0.3 is 5.97 Å². The van der Waals surface area contributed by atoms with E-state index in [-0.39, 0.29) is 24.3 Å². The van der Waals surface area contributed by atoms with Gasteiger partial charge in [-0.2, -0.15) is 0 Å². The van der Waals surface area contributed by atoms with Crippen LogP contribution in [0.3, 0.4) is 0 Å². The van der Waals surface area contributed by atoms with E-state index in [4.69, 9.17) is 10.5 Å². The minimum atomic E-state index is -0.557. The highest BCUT2D eigenvalue weighted by molar-refractivity contribution is 9.10. The molecule has 1 aromatic rings. The number of ether oxygens (including phenoxy) is 1. The number of rotatable bonds is 4. The fourth-order valence-electron chi connectivity index (χ4n) is 1.31. The molecule has 0 unspecified atom stereocenters. The molecule has 0 heterocycles. The van der Waals surface area contributed by atoms with E-state index in [1.807, 2.05) is 0 Å². The van der Waals surface area contributed by atoms with Crippen molar-refractivity contribution in [1.29, 1.82) is 0 Å². The molecule has 1 aromatic carbocycles. The molecular formula is C10H11BrN2O4. The van der Waals surface area contributed by atoms with Crippen LogP contribution in [0, 0.1) is 10.1 Å². The zero-order valence-corrected chi connectivity index (χ0v) is 10.7. The third kappa shape index (κ3) is 3.42. The van der Waals surface area contributed by atoms with Gasteiger partial charge < -0.3 is 10.5 Å². The molecule has 0 radical (unpaired) electrons. The Kier molecular flexibility index (Phi) is 4.45. The fourth-order valence-corrected chi connectivity index (χ4v) is 1.64. The van der Waals surface area contributed by atoms with E-state index < -0.39 is 10.9 Å². The number of nitro benzene ring substituents is 1. The molecule has 6 nitrogen and oxygen atoms in total. The van der Waals surface area contributed by atoms with Crippen LogP contribution in [0.4, 0.5) is 11.4 Å². The molecule has 0 spiro atoms. The summed E-state index contributed by atoms with van der Waals surface area (Å²) in [6.07, 6.45) is -0.165. The van der Waals surface area contributed by atoms with Crippen LogP contribution in [0.25, 0.3) is 0 Å². The third-order valence-corrected chi connectivity index (χ3v) is 2.72. The maximum atomic E-state index is 11.3. The number of nitrogen functional groups attached to an aromatic ring is 1. The zero-order chi connectivity index (χ0) is 13.0. The molecule has 92 valence electrons. The number of nitro groups is 1. The summed E-state index contributed by atoms with van der Waals surface area (Å²) >= 11 is 3.10. The van der Waals surface area contributed by atoms with Crippen molar-refractivity contribution in [2.45, 2.75) is 13.3 Å². The van der Waals surface area contributed by atoms with Crippen LogP contribution in [0.1, 0.15) is 12.5 Å². The van der Waals surface area contributed by atoms with Crippen LogP contribution in [0.2, 0.25) is 0 Å². The van der Waals surface area contributed by atoms with E-state index in [9.17, 15) is 14.9 Å². The summed E-state index contributed by atoms with van der Waals surface area (Å²) in [6.45, 7) is 1.90. The number of halogens is 1. The minimum absolute atomic E-state index is 0.154. The lowest BCUT2D eigenvalue weighted by atomic mass is 10.1. The molecule has 0 saturated carbocycles. The van der Waals surface area contributed by atoms with E-state index in [0.717, 1.165) is 0 Å². The number of esters is 1. The summed E-state index contributed by atoms with van der Waals surface area (Å²) in [5.74, 6) is -0.516. The number of anilines is 1. The van der Waals surface area contributed by atoms with Gasteiger partial charge in [-0.15, -0.1) is 0 Å². The van der Waals surface area contributed by atoms with Crippen molar-refractivity contribution in [2.75, 3.05) is 12.3 Å². The molecule has 1 rings (SSSR count). The second-order valence-corrected chi connectivity index (χ2v) is 4.10. The average Bonchev–Trinajstić information content (AvgIpc) is 2.23. The van der Waals surface area contributed by atoms with Crippen molar-refractivity contribution in [3.05, 3.63) is 32.3 Å². The topological polar surface area (TPSA) is 95.5 Å². The van der Waals surface area contributed by atoms with Gasteiger partial charge in [0, 0.05) is 21.8 Å². The fraction of sp³-hybridized carbons (Fsp3) is 0.300. The van der Waals surface area contributed by atoms with Crippen LogP contribution in [0.5, 0.6) is 0 Å². The highest BCUT2D eigenvalue weighted by Gasteiger charge is 2.19. The number of carbonyl (C=O) groups excluding carboxylic acids is 1. The molecule has 0 aromatic heterocycles. The zero-order valence-electron chi connectivity index (χ0n) is 9.10. The molecule has 0 bridgehead atoms. The van der Waals surface area contributed by atoms with Gasteiger partial charge in [0.1, 0.15) is 0 Å². The van der Waals surface area contributed by atoms with E-state index >= 15 is 0 Å². The molecule has 0 saturated heterocycles. The molecule has 0 atom stereocenters. The van der Waals surface area contributed by atoms with Crippen molar-refractivity contribution in [3.63, 3.8) is 0 Å². The summed E-state index contributed by atoms with van der Waals surface area (Å²) in [7, 11) is 0. The van der Waals surface area contributed by atoms with Crippen LogP contribution in [-0.2, 0) is 16.0 Å². The quantitative estimate of drug-likeness (QED) is 0.397. The summed E-state index contributed by atoms with van der Waals surface area (Å²) < 4.78 is 5.16. The first kappa shape index (κ1) is 13.4. The smallest absolute Gasteiger partial charge is 0.310 e. The van der Waals surface area contributed by atoms with Crippen LogP contribution >= 0.6 is 15.9 Å². The Balaban J connectivity index is 3.08. The van der Waals surface area contributed by atoms with Gasteiger partial charge in [-0.1, -0.05) is 0 Å². The van der Waals surface area contributed by atoms with Crippen molar-refractivity contribution in [3.8, 4) is 0 Å². The van der Waals surface area contributed by atoms with E-state index in [1.165, 1.54) is 12.1 Å². The maximum absolute atomic E-state index is 11.3. The first-order valence-corrected chi connectivity index (χ1v) is 5.63. The predicted molar refractivity (Wildman–Crippen MR) is 65.5 cm³/mol. The predicted octanol–water partition coefficient (Wildman–Crippen LogP) is 2.05. The first-order chi connectivity index (χ1) is 7.95. The Hall–Kier alpha value is -1.63. The van der Waals surface area contributed by atoms with Gasteiger partial charge in [-0.25, -0.2) is 0 Å². The SMILES string of the molecule is CCOC(=O)Cc1cc(N)c(Br)cc1[N+](=O)[O-]. The molecule has 0 amide bonds. The van der Waals surface area contributed by atoms with Gasteiger partial charge in [0.05, 0.1) is 18.0 Å². The van der Waals surface area contributed by atoms with E-state index in [0.29, 0.717) is 10.2 Å². The largest absolute Gasteiger partial charge is 0.466 e. The van der Waals surface area contributed by atoms with Gasteiger partial charge in [0.25, 0.3) is 5.69 Å². The molecular weight excluding hydrogens is 292 g/mol. The molecule has 0 aliphatic carbocycles. The van der Waals surface area contributed by atoms with E-state index in [2.05, 4.69) is 15.9 Å². The maximum Gasteiger partial charge on any atom is 0.310 e. The minimum Gasteiger partial charge on any atom is -0.466 e. The second-order valence-electron chi connectivity index (χ2n) is 3.24. The average molecular weight is 303 g/mol. The number of carbonyl (C=O) groups is 1. The lowest BCUT2D eigenvalue weighted by Gasteiger charge is -2.05. The Morgan fingerprint density at radius 1 is 1.59 bits per heavy atom. The number of hydrogen-bond acceptors (Lipinski definition) is 5. The summed E-state index contributed by atoms with van der Waals surface area (Å²) in [6, 6.07) is 2.68. The molecule has 17 heavy (non-hydrogen) atoms. The lowest BCUT2D eigenvalue weighted by Crippen LogP contribution is -2.09. The number of benzene rings is 1. The lowest BCUT2D eigenvalue weighted by molar-refractivity contribution is -0.385. The number of hydrogen-bond donors (Lipinski definition) is 1. The van der Waals surface area contributed by atoms with Crippen molar-refractivity contribution >= 4 is 33.3 Å². The Morgan fingerprint density at radius 3 is 2.76 bits per heavy atom.